The van der Waals surface area contributed by atoms with Crippen molar-refractivity contribution in [1.82, 2.24) is 5.32 Å². The second-order valence-electron chi connectivity index (χ2n) is 5.81. The summed E-state index contributed by atoms with van der Waals surface area (Å²) in [5.74, 6) is -1.05. The molecule has 1 rings (SSSR count). The maximum absolute atomic E-state index is 11.4. The highest BCUT2D eigenvalue weighted by atomic mass is 32.2. The zero-order valence-corrected chi connectivity index (χ0v) is 16.2. The van der Waals surface area contributed by atoms with Gasteiger partial charge in [-0.15, -0.1) is 11.8 Å². The van der Waals surface area contributed by atoms with E-state index in [4.69, 9.17) is 18.9 Å². The third-order valence-electron chi connectivity index (χ3n) is 3.52. The van der Waals surface area contributed by atoms with Gasteiger partial charge in [-0.2, -0.15) is 0 Å². The van der Waals surface area contributed by atoms with Crippen LogP contribution in [0.5, 0.6) is 0 Å². The fraction of sp³-hybridized carbons (Fsp3) is 0.812. The average Bonchev–Trinajstić information content (AvgIpc) is 2.54. The molecule has 0 amide bonds. The summed E-state index contributed by atoms with van der Waals surface area (Å²) >= 11 is 1.37. The number of esters is 3. The van der Waals surface area contributed by atoms with Gasteiger partial charge in [0.05, 0.1) is 0 Å². The number of nitrogens with one attached hydrogen (secondary N) is 1. The molecule has 1 aliphatic rings. The van der Waals surface area contributed by atoms with Crippen molar-refractivity contribution in [3.05, 3.63) is 0 Å². The normalized spacial score (nSPS) is 28.3. The average molecular weight is 393 g/mol. The lowest BCUT2D eigenvalue weighted by atomic mass is 9.99. The van der Waals surface area contributed by atoms with Gasteiger partial charge in [-0.25, -0.2) is 0 Å². The van der Waals surface area contributed by atoms with Gasteiger partial charge in [0.25, 0.3) is 0 Å². The summed E-state index contributed by atoms with van der Waals surface area (Å²) in [5.41, 5.74) is -0.682. The van der Waals surface area contributed by atoms with E-state index in [1.807, 2.05) is 7.05 Å². The van der Waals surface area contributed by atoms with Crippen LogP contribution in [-0.2, 0) is 33.3 Å². The number of thioether (sulfide) groups is 1. The predicted octanol–water partition coefficient (Wildman–Crippen LogP) is -0.159. The molecule has 5 atom stereocenters. The van der Waals surface area contributed by atoms with Crippen LogP contribution in [0.3, 0.4) is 0 Å². The van der Waals surface area contributed by atoms with Gasteiger partial charge in [-0.05, 0) is 25.8 Å². The molecule has 0 saturated carbocycles. The Morgan fingerprint density at radius 1 is 1.08 bits per heavy atom. The minimum Gasteiger partial charge on any atom is -0.463 e. The number of hydrogen-bond acceptors (Lipinski definition) is 10. The molecule has 0 bridgehead atoms. The summed E-state index contributed by atoms with van der Waals surface area (Å²) in [4.78, 5) is 33.9. The van der Waals surface area contributed by atoms with Crippen LogP contribution in [0.1, 0.15) is 27.2 Å². The van der Waals surface area contributed by atoms with Crippen molar-refractivity contribution in [2.45, 2.75) is 57.0 Å². The van der Waals surface area contributed by atoms with Crippen molar-refractivity contribution in [2.75, 3.05) is 26.0 Å². The van der Waals surface area contributed by atoms with Crippen LogP contribution < -0.4 is 5.32 Å². The molecule has 1 saturated heterocycles. The van der Waals surface area contributed by atoms with Gasteiger partial charge in [-0.3, -0.25) is 14.4 Å². The highest BCUT2D eigenvalue weighted by molar-refractivity contribution is 7.99. The molecule has 0 aromatic rings. The first-order valence-corrected chi connectivity index (χ1v) is 9.38. The largest absolute Gasteiger partial charge is 0.463 e. The molecule has 0 spiro atoms. The fourth-order valence-corrected chi connectivity index (χ4v) is 3.64. The number of hydrogen-bond donors (Lipinski definition) is 2. The second-order valence-corrected chi connectivity index (χ2v) is 7.02. The topological polar surface area (TPSA) is 120 Å². The molecule has 1 heterocycles. The van der Waals surface area contributed by atoms with E-state index in [2.05, 4.69) is 5.32 Å². The van der Waals surface area contributed by atoms with E-state index in [0.29, 0.717) is 5.75 Å². The smallest absolute Gasteiger partial charge is 0.303 e. The molecule has 0 aromatic carbocycles. The second kappa shape index (κ2) is 11.4. The summed E-state index contributed by atoms with van der Waals surface area (Å²) in [5, 5.41) is 13.7. The molecule has 1 fully saturated rings. The Hall–Kier alpha value is -1.36. The van der Waals surface area contributed by atoms with Gasteiger partial charge in [0.15, 0.2) is 12.2 Å². The van der Waals surface area contributed by atoms with Crippen LogP contribution in [-0.4, -0.2) is 78.8 Å². The Morgan fingerprint density at radius 3 is 2.23 bits per heavy atom. The minimum atomic E-state index is -1.31. The van der Waals surface area contributed by atoms with Gasteiger partial charge < -0.3 is 29.4 Å². The molecule has 0 aliphatic carbocycles. The molecule has 1 aliphatic heterocycles. The molecule has 0 unspecified atom stereocenters. The maximum Gasteiger partial charge on any atom is 0.303 e. The summed E-state index contributed by atoms with van der Waals surface area (Å²) in [7, 11) is 1.84. The summed E-state index contributed by atoms with van der Waals surface area (Å²) < 4.78 is 21.2. The molecule has 9 nitrogen and oxygen atoms in total. The van der Waals surface area contributed by atoms with E-state index >= 15 is 0 Å². The highest BCUT2D eigenvalue weighted by Crippen LogP contribution is 2.32. The Balaban J connectivity index is 2.92. The van der Waals surface area contributed by atoms with Crippen molar-refractivity contribution in [2.24, 2.45) is 0 Å². The zero-order valence-electron chi connectivity index (χ0n) is 15.4. The third-order valence-corrected chi connectivity index (χ3v) is 4.76. The van der Waals surface area contributed by atoms with Crippen LogP contribution in [0.25, 0.3) is 0 Å². The molecule has 0 aromatic heterocycles. The zero-order chi connectivity index (χ0) is 19.7. The Bertz CT molecular complexity index is 487. The van der Waals surface area contributed by atoms with Crippen LogP contribution in [0.15, 0.2) is 0 Å². The molecular weight excluding hydrogens is 366 g/mol. The number of ether oxygens (including phenoxy) is 4. The molecule has 26 heavy (non-hydrogen) atoms. The van der Waals surface area contributed by atoms with Crippen LogP contribution >= 0.6 is 11.8 Å². The summed E-state index contributed by atoms with van der Waals surface area (Å²) in [6.45, 7) is 4.26. The number of carbonyl (C=O) groups is 3. The lowest BCUT2D eigenvalue weighted by Crippen LogP contribution is -2.60. The maximum atomic E-state index is 11.4. The van der Waals surface area contributed by atoms with Crippen molar-refractivity contribution in [1.29, 1.82) is 0 Å². The molecule has 150 valence electrons. The standard InChI is InChI=1S/C16H27NO8S/c1-9(18)22-8-12-14(23-10(2)19)13(21)15(24-11(3)20)16(25-12)26-7-5-6-17-4/h12-17,21H,5-8H2,1-4H3/t12-,13+,14-,15-,16+/m1/s1. The summed E-state index contributed by atoms with van der Waals surface area (Å²) in [6, 6.07) is 0. The van der Waals surface area contributed by atoms with Crippen molar-refractivity contribution < 1.29 is 38.4 Å². The molecule has 10 heteroatoms. The van der Waals surface area contributed by atoms with E-state index in [0.717, 1.165) is 13.0 Å². The van der Waals surface area contributed by atoms with Gasteiger partial charge in [-0.1, -0.05) is 0 Å². The monoisotopic (exact) mass is 393 g/mol. The predicted molar refractivity (Wildman–Crippen MR) is 93.4 cm³/mol. The van der Waals surface area contributed by atoms with E-state index in [9.17, 15) is 19.5 Å². The van der Waals surface area contributed by atoms with E-state index in [-0.39, 0.29) is 6.61 Å². The van der Waals surface area contributed by atoms with Gasteiger partial charge >= 0.3 is 17.9 Å². The molecule has 2 N–H and O–H groups in total. The molecule has 0 radical (unpaired) electrons. The lowest BCUT2D eigenvalue weighted by Gasteiger charge is -2.42. The van der Waals surface area contributed by atoms with Gasteiger partial charge in [0, 0.05) is 20.8 Å². The number of aliphatic hydroxyl groups excluding tert-OH is 1. The van der Waals surface area contributed by atoms with Crippen molar-refractivity contribution in [3.8, 4) is 0 Å². The van der Waals surface area contributed by atoms with Crippen LogP contribution in [0, 0.1) is 0 Å². The van der Waals surface area contributed by atoms with E-state index < -0.39 is 47.8 Å². The Morgan fingerprint density at radius 2 is 1.69 bits per heavy atom. The Kier molecular flexibility index (Phi) is 9.92. The number of rotatable bonds is 9. The van der Waals surface area contributed by atoms with Gasteiger partial charge in [0.2, 0.25) is 0 Å². The summed E-state index contributed by atoms with van der Waals surface area (Å²) in [6.07, 6.45) is -3.47. The SMILES string of the molecule is CNCCCS[C@@H]1O[C@H](COC(C)=O)[C@@H](OC(C)=O)[C@H](O)[C@H]1OC(C)=O. The molecular formula is C16H27NO8S. The van der Waals surface area contributed by atoms with E-state index in [1.54, 1.807) is 0 Å². The van der Waals surface area contributed by atoms with Crippen LogP contribution in [0.4, 0.5) is 0 Å². The van der Waals surface area contributed by atoms with Crippen molar-refractivity contribution >= 4 is 29.7 Å². The first kappa shape index (κ1) is 22.7. The first-order valence-electron chi connectivity index (χ1n) is 8.33. The Labute approximate surface area is 157 Å². The lowest BCUT2D eigenvalue weighted by molar-refractivity contribution is -0.229. The fourth-order valence-electron chi connectivity index (χ4n) is 2.47. The van der Waals surface area contributed by atoms with Crippen LogP contribution in [0.2, 0.25) is 0 Å². The number of carbonyl (C=O) groups excluding carboxylic acids is 3. The number of aliphatic hydroxyl groups is 1. The van der Waals surface area contributed by atoms with Gasteiger partial charge in [0.1, 0.15) is 24.3 Å². The first-order chi connectivity index (χ1) is 12.3. The quantitative estimate of drug-likeness (QED) is 0.310. The third kappa shape index (κ3) is 7.48. The minimum absolute atomic E-state index is 0.190. The highest BCUT2D eigenvalue weighted by Gasteiger charge is 2.49. The van der Waals surface area contributed by atoms with E-state index in [1.165, 1.54) is 32.5 Å². The van der Waals surface area contributed by atoms with Crippen molar-refractivity contribution in [3.63, 3.8) is 0 Å².